The van der Waals surface area contributed by atoms with Gasteiger partial charge in [-0.25, -0.2) is 9.97 Å². The van der Waals surface area contributed by atoms with Gasteiger partial charge in [0.15, 0.2) is 5.03 Å². The van der Waals surface area contributed by atoms with Crippen LogP contribution in [0.25, 0.3) is 0 Å². The molecule has 0 fully saturated rings. The normalized spacial score (nSPS) is 12.8. The minimum Gasteiger partial charge on any atom is -0.258 e. The highest BCUT2D eigenvalue weighted by Gasteiger charge is 2.24. The molecule has 0 aliphatic carbocycles. The van der Waals surface area contributed by atoms with Gasteiger partial charge in [-0.05, 0) is 24.4 Å². The van der Waals surface area contributed by atoms with Gasteiger partial charge in [-0.1, -0.05) is 32.5 Å². The van der Waals surface area contributed by atoms with Crippen LogP contribution in [0.2, 0.25) is 5.28 Å². The van der Waals surface area contributed by atoms with Crippen LogP contribution in [0, 0.1) is 23.0 Å². The smallest absolute Gasteiger partial charge is 0.258 e. The van der Waals surface area contributed by atoms with Crippen molar-refractivity contribution in [3.63, 3.8) is 0 Å². The number of aryl methyl sites for hydroxylation is 1. The highest BCUT2D eigenvalue weighted by atomic mass is 35.5. The lowest BCUT2D eigenvalue weighted by molar-refractivity contribution is -0.389. The van der Waals surface area contributed by atoms with Gasteiger partial charge in [0, 0.05) is 5.25 Å². The Kier molecular flexibility index (Phi) is 4.70. The maximum atomic E-state index is 11.0. The maximum Gasteiger partial charge on any atom is 0.322 e. The zero-order valence-electron chi connectivity index (χ0n) is 10.1. The molecule has 0 amide bonds. The van der Waals surface area contributed by atoms with Crippen molar-refractivity contribution in [3.8, 4) is 0 Å². The molecule has 94 valence electrons. The summed E-state index contributed by atoms with van der Waals surface area (Å²) in [6.07, 6.45) is 0. The van der Waals surface area contributed by atoms with E-state index in [1.165, 1.54) is 11.8 Å². The molecule has 0 saturated heterocycles. The van der Waals surface area contributed by atoms with Gasteiger partial charge in [0.2, 0.25) is 5.28 Å². The molecule has 0 bridgehead atoms. The van der Waals surface area contributed by atoms with Gasteiger partial charge in [-0.15, -0.1) is 0 Å². The van der Waals surface area contributed by atoms with Crippen LogP contribution in [0.15, 0.2) is 5.03 Å². The van der Waals surface area contributed by atoms with E-state index < -0.39 is 4.92 Å². The summed E-state index contributed by atoms with van der Waals surface area (Å²) in [6.45, 7) is 7.68. The Morgan fingerprint density at radius 2 is 1.94 bits per heavy atom. The van der Waals surface area contributed by atoms with E-state index in [9.17, 15) is 10.1 Å². The molecule has 0 spiro atoms. The van der Waals surface area contributed by atoms with E-state index in [0.717, 1.165) is 0 Å². The second kappa shape index (κ2) is 5.64. The highest BCUT2D eigenvalue weighted by molar-refractivity contribution is 8.00. The fourth-order valence-corrected chi connectivity index (χ4v) is 2.47. The lowest BCUT2D eigenvalue weighted by Gasteiger charge is -2.14. The molecule has 1 aromatic rings. The molecule has 0 aliphatic heterocycles. The summed E-state index contributed by atoms with van der Waals surface area (Å²) >= 11 is 7.09. The molecule has 1 rings (SSSR count). The number of hydrogen-bond acceptors (Lipinski definition) is 5. The third-order valence-electron chi connectivity index (χ3n) is 2.42. The fourth-order valence-electron chi connectivity index (χ4n) is 1.11. The topological polar surface area (TPSA) is 68.9 Å². The van der Waals surface area contributed by atoms with Gasteiger partial charge in [0.1, 0.15) is 5.69 Å². The SMILES string of the molecule is Cc1nc(Cl)nc(SC(C)C(C)C)c1[N+](=O)[O-]. The Labute approximate surface area is 109 Å². The van der Waals surface area contributed by atoms with Crippen molar-refractivity contribution >= 4 is 29.1 Å². The third-order valence-corrected chi connectivity index (χ3v) is 4.01. The van der Waals surface area contributed by atoms with Crippen LogP contribution in [0.3, 0.4) is 0 Å². The molecule has 0 N–H and O–H groups in total. The van der Waals surface area contributed by atoms with E-state index in [1.54, 1.807) is 6.92 Å². The van der Waals surface area contributed by atoms with Crippen LogP contribution >= 0.6 is 23.4 Å². The summed E-state index contributed by atoms with van der Waals surface area (Å²) in [7, 11) is 0. The third kappa shape index (κ3) is 3.54. The van der Waals surface area contributed by atoms with E-state index in [-0.39, 0.29) is 16.2 Å². The highest BCUT2D eigenvalue weighted by Crippen LogP contribution is 2.35. The molecular weight excluding hydrogens is 262 g/mol. The molecule has 1 unspecified atom stereocenters. The van der Waals surface area contributed by atoms with Gasteiger partial charge in [0.05, 0.1) is 4.92 Å². The van der Waals surface area contributed by atoms with Gasteiger partial charge < -0.3 is 0 Å². The van der Waals surface area contributed by atoms with Gasteiger partial charge in [0.25, 0.3) is 0 Å². The number of nitrogens with zero attached hydrogens (tertiary/aromatic N) is 3. The number of rotatable bonds is 4. The van der Waals surface area contributed by atoms with Crippen LogP contribution in [-0.4, -0.2) is 20.1 Å². The minimum absolute atomic E-state index is 0.0477. The van der Waals surface area contributed by atoms with E-state index in [0.29, 0.717) is 16.6 Å². The Morgan fingerprint density at radius 1 is 1.35 bits per heavy atom. The van der Waals surface area contributed by atoms with E-state index in [2.05, 4.69) is 23.8 Å². The Balaban J connectivity index is 3.17. The molecule has 5 nitrogen and oxygen atoms in total. The van der Waals surface area contributed by atoms with Crippen molar-refractivity contribution in [2.45, 2.75) is 38.0 Å². The Bertz CT molecular complexity index is 440. The predicted molar refractivity (Wildman–Crippen MR) is 68.6 cm³/mol. The van der Waals surface area contributed by atoms with Crippen molar-refractivity contribution < 1.29 is 4.92 Å². The zero-order chi connectivity index (χ0) is 13.2. The van der Waals surface area contributed by atoms with Crippen LogP contribution in [-0.2, 0) is 0 Å². The largest absolute Gasteiger partial charge is 0.322 e. The molecule has 0 saturated carbocycles. The Hall–Kier alpha value is -0.880. The predicted octanol–water partition coefficient (Wildman–Crippen LogP) is 3.48. The molecule has 7 heteroatoms. The molecule has 17 heavy (non-hydrogen) atoms. The summed E-state index contributed by atoms with van der Waals surface area (Å²) < 4.78 is 0. The number of halogens is 1. The van der Waals surface area contributed by atoms with Crippen LogP contribution in [0.1, 0.15) is 26.5 Å². The zero-order valence-corrected chi connectivity index (χ0v) is 11.7. The first-order valence-corrected chi connectivity index (χ1v) is 6.43. The molecule has 1 aromatic heterocycles. The first kappa shape index (κ1) is 14.2. The summed E-state index contributed by atoms with van der Waals surface area (Å²) in [4.78, 5) is 18.3. The Morgan fingerprint density at radius 3 is 2.41 bits per heavy atom. The lowest BCUT2D eigenvalue weighted by Crippen LogP contribution is -2.08. The summed E-state index contributed by atoms with van der Waals surface area (Å²) in [5.41, 5.74) is 0.250. The van der Waals surface area contributed by atoms with E-state index in [1.807, 2.05) is 6.92 Å². The fraction of sp³-hybridized carbons (Fsp3) is 0.600. The second-order valence-electron chi connectivity index (χ2n) is 4.06. The second-order valence-corrected chi connectivity index (χ2v) is 5.76. The van der Waals surface area contributed by atoms with Gasteiger partial charge in [-0.2, -0.15) is 0 Å². The summed E-state index contributed by atoms with van der Waals surface area (Å²) in [5.74, 6) is 0.397. The standard InChI is InChI=1S/C10H14ClN3O2S/c1-5(2)7(4)17-9-8(14(15)16)6(3)12-10(11)13-9/h5,7H,1-4H3. The number of thioether (sulfide) groups is 1. The number of hydrogen-bond donors (Lipinski definition) is 0. The molecule has 0 aliphatic rings. The van der Waals surface area contributed by atoms with Crippen molar-refractivity contribution in [2.75, 3.05) is 0 Å². The first-order valence-electron chi connectivity index (χ1n) is 5.18. The van der Waals surface area contributed by atoms with Gasteiger partial charge in [-0.3, -0.25) is 10.1 Å². The van der Waals surface area contributed by atoms with Crippen LogP contribution in [0.4, 0.5) is 5.69 Å². The molecule has 1 atom stereocenters. The number of aromatic nitrogens is 2. The van der Waals surface area contributed by atoms with Crippen LogP contribution < -0.4 is 0 Å². The first-order chi connectivity index (χ1) is 7.82. The summed E-state index contributed by atoms with van der Waals surface area (Å²) in [6, 6.07) is 0. The van der Waals surface area contributed by atoms with Gasteiger partial charge >= 0.3 is 5.69 Å². The van der Waals surface area contributed by atoms with Crippen molar-refractivity contribution in [1.82, 2.24) is 9.97 Å². The number of nitro groups is 1. The average molecular weight is 276 g/mol. The molecule has 0 radical (unpaired) electrons. The summed E-state index contributed by atoms with van der Waals surface area (Å²) in [5, 5.41) is 11.6. The van der Waals surface area contributed by atoms with E-state index >= 15 is 0 Å². The quantitative estimate of drug-likeness (QED) is 0.277. The van der Waals surface area contributed by atoms with Crippen LogP contribution in [0.5, 0.6) is 0 Å². The molecule has 1 heterocycles. The molecule has 0 aromatic carbocycles. The average Bonchev–Trinajstić information content (AvgIpc) is 2.14. The monoisotopic (exact) mass is 275 g/mol. The van der Waals surface area contributed by atoms with Crippen molar-refractivity contribution in [1.29, 1.82) is 0 Å². The van der Waals surface area contributed by atoms with Crippen molar-refractivity contribution in [2.24, 2.45) is 5.92 Å². The maximum absolute atomic E-state index is 11.0. The molecular formula is C10H14ClN3O2S. The lowest BCUT2D eigenvalue weighted by atomic mass is 10.2. The van der Waals surface area contributed by atoms with Crippen molar-refractivity contribution in [3.05, 3.63) is 21.1 Å². The van der Waals surface area contributed by atoms with E-state index in [4.69, 9.17) is 11.6 Å². The minimum atomic E-state index is -0.457.